The summed E-state index contributed by atoms with van der Waals surface area (Å²) in [5, 5.41) is 14.1. The van der Waals surface area contributed by atoms with E-state index in [0.717, 1.165) is 22.3 Å². The Morgan fingerprint density at radius 2 is 1.25 bits per heavy atom. The third kappa shape index (κ3) is 9.38. The Balaban J connectivity index is 1.56. The first-order valence-electron chi connectivity index (χ1n) is 13.5. The van der Waals surface area contributed by atoms with Crippen LogP contribution >= 0.6 is 0 Å². The molecule has 0 saturated heterocycles. The standard InChI is InChI=1S/C32H37N3O5/c1-21(2)20-28(32(40)35-27(31(33)39)17-19-30(37)38)34-29(36)18-10-22-8-11-24(12-9-22)26-15-13-25(14-16-26)23-6-4-3-5-7-23/h3-9,11-16,21,27-28H,10,17-20H2,1-2H3,(H2,33,39)(H,34,36)(H,35,40)(H,37,38)/t27?,28-/m0/s1. The molecule has 0 radical (unpaired) electrons. The number of carbonyl (C=O) groups excluding carboxylic acids is 3. The van der Waals surface area contributed by atoms with Crippen molar-refractivity contribution in [1.82, 2.24) is 10.6 Å². The van der Waals surface area contributed by atoms with Crippen LogP contribution in [-0.2, 0) is 25.6 Å². The minimum atomic E-state index is -1.12. The molecule has 3 rings (SSSR count). The number of hydrogen-bond donors (Lipinski definition) is 4. The summed E-state index contributed by atoms with van der Waals surface area (Å²) in [6.07, 6.45) is 0.612. The van der Waals surface area contributed by atoms with Crippen molar-refractivity contribution in [2.24, 2.45) is 11.7 Å². The third-order valence-electron chi connectivity index (χ3n) is 6.59. The van der Waals surface area contributed by atoms with Crippen molar-refractivity contribution >= 4 is 23.7 Å². The maximum atomic E-state index is 12.8. The molecule has 2 atom stereocenters. The second kappa shape index (κ2) is 14.6. The molecule has 0 fully saturated rings. The van der Waals surface area contributed by atoms with E-state index in [4.69, 9.17) is 10.8 Å². The molecule has 0 saturated carbocycles. The molecule has 40 heavy (non-hydrogen) atoms. The molecule has 0 aliphatic heterocycles. The van der Waals surface area contributed by atoms with Gasteiger partial charge in [-0.3, -0.25) is 19.2 Å². The zero-order valence-corrected chi connectivity index (χ0v) is 22.9. The first-order valence-corrected chi connectivity index (χ1v) is 13.5. The van der Waals surface area contributed by atoms with Gasteiger partial charge >= 0.3 is 5.97 Å². The summed E-state index contributed by atoms with van der Waals surface area (Å²) in [4.78, 5) is 48.1. The van der Waals surface area contributed by atoms with Crippen LogP contribution in [0.15, 0.2) is 78.9 Å². The van der Waals surface area contributed by atoms with E-state index in [1.165, 1.54) is 5.56 Å². The molecule has 0 bridgehead atoms. The van der Waals surface area contributed by atoms with Crippen LogP contribution in [0.4, 0.5) is 0 Å². The molecule has 3 aromatic rings. The van der Waals surface area contributed by atoms with Gasteiger partial charge in [-0.2, -0.15) is 0 Å². The Morgan fingerprint density at radius 1 is 0.725 bits per heavy atom. The van der Waals surface area contributed by atoms with Crippen molar-refractivity contribution in [3.05, 3.63) is 84.4 Å². The number of amides is 3. The largest absolute Gasteiger partial charge is 0.481 e. The van der Waals surface area contributed by atoms with Crippen molar-refractivity contribution in [2.45, 2.75) is 58.0 Å². The molecular weight excluding hydrogens is 506 g/mol. The van der Waals surface area contributed by atoms with Crippen LogP contribution in [0.1, 0.15) is 45.1 Å². The van der Waals surface area contributed by atoms with E-state index in [-0.39, 0.29) is 31.1 Å². The fourth-order valence-corrected chi connectivity index (χ4v) is 4.40. The fourth-order valence-electron chi connectivity index (χ4n) is 4.40. The van der Waals surface area contributed by atoms with Crippen LogP contribution < -0.4 is 16.4 Å². The first kappa shape index (κ1) is 30.1. The highest BCUT2D eigenvalue weighted by Gasteiger charge is 2.26. The number of aliphatic carboxylic acids is 1. The monoisotopic (exact) mass is 543 g/mol. The summed E-state index contributed by atoms with van der Waals surface area (Å²) in [5.74, 6) is -2.67. The SMILES string of the molecule is CC(C)C[C@H](NC(=O)CCc1ccc(-c2ccc(-c3ccccc3)cc2)cc1)C(=O)NC(CCC(=O)O)C(N)=O. The number of benzene rings is 3. The molecule has 3 amide bonds. The minimum absolute atomic E-state index is 0.0939. The van der Waals surface area contributed by atoms with Crippen molar-refractivity contribution in [2.75, 3.05) is 0 Å². The van der Waals surface area contributed by atoms with Crippen molar-refractivity contribution in [3.8, 4) is 22.3 Å². The number of aryl methyl sites for hydroxylation is 1. The average molecular weight is 544 g/mol. The maximum Gasteiger partial charge on any atom is 0.303 e. The Labute approximate surface area is 235 Å². The molecular formula is C32H37N3O5. The molecule has 0 spiro atoms. The smallest absolute Gasteiger partial charge is 0.303 e. The highest BCUT2D eigenvalue weighted by atomic mass is 16.4. The Morgan fingerprint density at radius 3 is 1.75 bits per heavy atom. The van der Waals surface area contributed by atoms with Gasteiger partial charge in [-0.05, 0) is 53.0 Å². The average Bonchev–Trinajstić information content (AvgIpc) is 2.94. The number of carbonyl (C=O) groups is 4. The normalized spacial score (nSPS) is 12.4. The number of hydrogen-bond acceptors (Lipinski definition) is 4. The summed E-state index contributed by atoms with van der Waals surface area (Å²) in [6.45, 7) is 3.83. The number of nitrogens with two attached hydrogens (primary N) is 1. The van der Waals surface area contributed by atoms with Gasteiger partial charge in [0.05, 0.1) is 0 Å². The van der Waals surface area contributed by atoms with E-state index in [2.05, 4.69) is 47.0 Å². The van der Waals surface area contributed by atoms with E-state index >= 15 is 0 Å². The summed E-state index contributed by atoms with van der Waals surface area (Å²) < 4.78 is 0. The summed E-state index contributed by atoms with van der Waals surface area (Å²) in [7, 11) is 0. The van der Waals surface area contributed by atoms with Gasteiger partial charge in [-0.15, -0.1) is 0 Å². The van der Waals surface area contributed by atoms with Gasteiger partial charge in [-0.1, -0.05) is 92.7 Å². The molecule has 5 N–H and O–H groups in total. The molecule has 0 heterocycles. The minimum Gasteiger partial charge on any atom is -0.481 e. The number of primary amides is 1. The van der Waals surface area contributed by atoms with Gasteiger partial charge in [0.15, 0.2) is 0 Å². The van der Waals surface area contributed by atoms with Gasteiger partial charge in [-0.25, -0.2) is 0 Å². The molecule has 3 aromatic carbocycles. The molecule has 210 valence electrons. The Hall–Kier alpha value is -4.46. The van der Waals surface area contributed by atoms with E-state index in [1.807, 2.05) is 56.3 Å². The number of nitrogens with one attached hydrogen (secondary N) is 2. The lowest BCUT2D eigenvalue weighted by atomic mass is 9.98. The summed E-state index contributed by atoms with van der Waals surface area (Å²) >= 11 is 0. The van der Waals surface area contributed by atoms with Crippen LogP contribution in [0.3, 0.4) is 0 Å². The topological polar surface area (TPSA) is 139 Å². The van der Waals surface area contributed by atoms with Crippen molar-refractivity contribution in [1.29, 1.82) is 0 Å². The number of rotatable bonds is 14. The third-order valence-corrected chi connectivity index (χ3v) is 6.59. The van der Waals surface area contributed by atoms with Crippen LogP contribution in [-0.4, -0.2) is 40.9 Å². The molecule has 8 heteroatoms. The summed E-state index contributed by atoms with van der Waals surface area (Å²) in [5.41, 5.74) is 10.8. The van der Waals surface area contributed by atoms with Crippen molar-refractivity contribution in [3.63, 3.8) is 0 Å². The molecule has 1 unspecified atom stereocenters. The van der Waals surface area contributed by atoms with E-state index in [9.17, 15) is 19.2 Å². The van der Waals surface area contributed by atoms with Gasteiger partial charge in [0.2, 0.25) is 17.7 Å². The van der Waals surface area contributed by atoms with Crippen LogP contribution in [0, 0.1) is 5.92 Å². The number of carboxylic acid groups (broad SMARTS) is 1. The fraction of sp³-hybridized carbons (Fsp3) is 0.312. The van der Waals surface area contributed by atoms with Gasteiger partial charge in [0.1, 0.15) is 12.1 Å². The lowest BCUT2D eigenvalue weighted by Gasteiger charge is -2.23. The van der Waals surface area contributed by atoms with E-state index < -0.39 is 29.9 Å². The van der Waals surface area contributed by atoms with E-state index in [0.29, 0.717) is 12.8 Å². The van der Waals surface area contributed by atoms with Crippen LogP contribution in [0.5, 0.6) is 0 Å². The first-order chi connectivity index (χ1) is 19.1. The molecule has 0 aromatic heterocycles. The molecule has 0 aliphatic rings. The number of carboxylic acids is 1. The summed E-state index contributed by atoms with van der Waals surface area (Å²) in [6, 6.07) is 24.6. The lowest BCUT2D eigenvalue weighted by molar-refractivity contribution is -0.138. The predicted octanol–water partition coefficient (Wildman–Crippen LogP) is 4.32. The quantitative estimate of drug-likeness (QED) is 0.240. The van der Waals surface area contributed by atoms with Gasteiger partial charge in [0.25, 0.3) is 0 Å². The van der Waals surface area contributed by atoms with Crippen LogP contribution in [0.2, 0.25) is 0 Å². The Bertz CT molecular complexity index is 1290. The molecule has 8 nitrogen and oxygen atoms in total. The maximum absolute atomic E-state index is 12.8. The van der Waals surface area contributed by atoms with Crippen LogP contribution in [0.25, 0.3) is 22.3 Å². The van der Waals surface area contributed by atoms with E-state index in [1.54, 1.807) is 0 Å². The Kier molecular flexibility index (Phi) is 11.0. The van der Waals surface area contributed by atoms with Crippen molar-refractivity contribution < 1.29 is 24.3 Å². The lowest BCUT2D eigenvalue weighted by Crippen LogP contribution is -2.53. The van der Waals surface area contributed by atoms with Gasteiger partial charge < -0.3 is 21.5 Å². The van der Waals surface area contributed by atoms with Gasteiger partial charge in [0, 0.05) is 12.8 Å². The highest BCUT2D eigenvalue weighted by Crippen LogP contribution is 2.25. The zero-order valence-electron chi connectivity index (χ0n) is 22.9. The second-order valence-corrected chi connectivity index (χ2v) is 10.3. The second-order valence-electron chi connectivity index (χ2n) is 10.3. The zero-order chi connectivity index (χ0) is 29.1. The molecule has 0 aliphatic carbocycles. The highest BCUT2D eigenvalue weighted by molar-refractivity contribution is 5.91. The predicted molar refractivity (Wildman–Crippen MR) is 155 cm³/mol.